The fourth-order valence-electron chi connectivity index (χ4n) is 2.50. The molecule has 0 bridgehead atoms. The second-order valence-corrected chi connectivity index (χ2v) is 5.17. The summed E-state index contributed by atoms with van der Waals surface area (Å²) in [6.45, 7) is 0.603. The van der Waals surface area contributed by atoms with Gasteiger partial charge in [0.25, 0.3) is 0 Å². The molecule has 0 atom stereocenters. The Morgan fingerprint density at radius 1 is 1.24 bits per heavy atom. The van der Waals surface area contributed by atoms with Crippen molar-refractivity contribution in [1.82, 2.24) is 4.57 Å². The molecule has 21 heavy (non-hydrogen) atoms. The molecule has 0 saturated carbocycles. The third-order valence-electron chi connectivity index (χ3n) is 3.49. The zero-order valence-electron chi connectivity index (χ0n) is 11.5. The van der Waals surface area contributed by atoms with E-state index < -0.39 is 0 Å². The topological polar surface area (TPSA) is 37.9 Å². The lowest BCUT2D eigenvalue weighted by Gasteiger charge is -2.11. The Balaban J connectivity index is 2.09. The molecule has 3 aromatic rings. The van der Waals surface area contributed by atoms with E-state index in [1.807, 2.05) is 42.6 Å². The fourth-order valence-corrected chi connectivity index (χ4v) is 2.79. The number of nitrogens with zero attached hydrogens (tertiary/aromatic N) is 2. The minimum atomic E-state index is 0.603. The summed E-state index contributed by atoms with van der Waals surface area (Å²) in [4.78, 5) is 0. The van der Waals surface area contributed by atoms with E-state index in [0.717, 1.165) is 22.2 Å². The van der Waals surface area contributed by atoms with Crippen LogP contribution in [0.2, 0.25) is 5.02 Å². The first kappa shape index (κ1) is 13.5. The van der Waals surface area contributed by atoms with Gasteiger partial charge < -0.3 is 9.30 Å². The van der Waals surface area contributed by atoms with Gasteiger partial charge in [0.1, 0.15) is 5.75 Å². The van der Waals surface area contributed by atoms with Crippen LogP contribution < -0.4 is 4.74 Å². The van der Waals surface area contributed by atoms with Gasteiger partial charge in [-0.25, -0.2) is 0 Å². The van der Waals surface area contributed by atoms with Gasteiger partial charge in [-0.05, 0) is 30.3 Å². The van der Waals surface area contributed by atoms with Gasteiger partial charge in [0, 0.05) is 17.1 Å². The first-order chi connectivity index (χ1) is 10.2. The van der Waals surface area contributed by atoms with Crippen molar-refractivity contribution in [3.8, 4) is 11.8 Å². The summed E-state index contributed by atoms with van der Waals surface area (Å²) in [5.74, 6) is 0.767. The molecule has 0 aliphatic rings. The fraction of sp³-hybridized carbons (Fsp3) is 0.118. The Hall–Kier alpha value is -2.44. The van der Waals surface area contributed by atoms with Gasteiger partial charge in [-0.2, -0.15) is 5.26 Å². The highest BCUT2D eigenvalue weighted by atomic mass is 35.5. The number of hydrogen-bond acceptors (Lipinski definition) is 2. The lowest BCUT2D eigenvalue weighted by Crippen LogP contribution is -2.01. The van der Waals surface area contributed by atoms with Gasteiger partial charge >= 0.3 is 0 Å². The van der Waals surface area contributed by atoms with Crippen LogP contribution in [0.4, 0.5) is 0 Å². The largest absolute Gasteiger partial charge is 0.496 e. The van der Waals surface area contributed by atoms with E-state index in [2.05, 4.69) is 10.6 Å². The van der Waals surface area contributed by atoms with Crippen molar-refractivity contribution in [2.24, 2.45) is 0 Å². The number of hydrogen-bond donors (Lipinski definition) is 0. The first-order valence-corrected chi connectivity index (χ1v) is 6.91. The molecule has 0 amide bonds. The van der Waals surface area contributed by atoms with Crippen LogP contribution in [0.3, 0.4) is 0 Å². The molecular weight excluding hydrogens is 284 g/mol. The first-order valence-electron chi connectivity index (χ1n) is 6.53. The molecule has 104 valence electrons. The summed E-state index contributed by atoms with van der Waals surface area (Å²) in [7, 11) is 1.63. The maximum Gasteiger partial charge on any atom is 0.123 e. The predicted octanol–water partition coefficient (Wildman–Crippen LogP) is 4.22. The summed E-state index contributed by atoms with van der Waals surface area (Å²) in [6.07, 6.45) is 2.00. The molecule has 2 aromatic carbocycles. The van der Waals surface area contributed by atoms with Crippen molar-refractivity contribution in [3.05, 3.63) is 64.8 Å². The monoisotopic (exact) mass is 296 g/mol. The smallest absolute Gasteiger partial charge is 0.123 e. The molecule has 1 aromatic heterocycles. The van der Waals surface area contributed by atoms with Crippen molar-refractivity contribution in [3.63, 3.8) is 0 Å². The molecule has 0 fully saturated rings. The highest BCUT2D eigenvalue weighted by molar-refractivity contribution is 6.35. The summed E-state index contributed by atoms with van der Waals surface area (Å²) >= 11 is 6.30. The third-order valence-corrected chi connectivity index (χ3v) is 3.79. The predicted molar refractivity (Wildman–Crippen MR) is 83.8 cm³/mol. The van der Waals surface area contributed by atoms with Gasteiger partial charge in [-0.1, -0.05) is 23.7 Å². The van der Waals surface area contributed by atoms with Crippen LogP contribution in [0.5, 0.6) is 5.75 Å². The Morgan fingerprint density at radius 3 is 2.86 bits per heavy atom. The number of methoxy groups -OCH3 is 1. The number of rotatable bonds is 3. The summed E-state index contributed by atoms with van der Waals surface area (Å²) in [5.41, 5.74) is 2.56. The van der Waals surface area contributed by atoms with E-state index in [-0.39, 0.29) is 0 Å². The maximum atomic E-state index is 9.05. The van der Waals surface area contributed by atoms with Crippen molar-refractivity contribution >= 4 is 22.5 Å². The van der Waals surface area contributed by atoms with E-state index >= 15 is 0 Å². The molecule has 0 saturated heterocycles. The standard InChI is InChI=1S/C17H13ClN2O/c1-21-16-6-5-12(10-19)9-14(16)11-20-8-7-13-3-2-4-15(18)17(13)20/h2-9H,11H2,1H3. The molecule has 0 unspecified atom stereocenters. The number of aromatic nitrogens is 1. The van der Waals surface area contributed by atoms with Crippen molar-refractivity contribution in [2.45, 2.75) is 6.54 Å². The Labute approximate surface area is 127 Å². The Morgan fingerprint density at radius 2 is 2.10 bits per heavy atom. The average molecular weight is 297 g/mol. The number of fused-ring (bicyclic) bond motifs is 1. The molecule has 4 heteroatoms. The van der Waals surface area contributed by atoms with Gasteiger partial charge in [-0.15, -0.1) is 0 Å². The van der Waals surface area contributed by atoms with Gasteiger partial charge in [0.15, 0.2) is 0 Å². The molecule has 0 radical (unpaired) electrons. The van der Waals surface area contributed by atoms with E-state index in [1.54, 1.807) is 13.2 Å². The van der Waals surface area contributed by atoms with Crippen LogP contribution >= 0.6 is 11.6 Å². The van der Waals surface area contributed by atoms with E-state index in [4.69, 9.17) is 21.6 Å². The van der Waals surface area contributed by atoms with Crippen LogP contribution in [-0.2, 0) is 6.54 Å². The maximum absolute atomic E-state index is 9.05. The highest BCUT2D eigenvalue weighted by Gasteiger charge is 2.09. The van der Waals surface area contributed by atoms with E-state index in [0.29, 0.717) is 17.1 Å². The molecule has 0 aliphatic carbocycles. The Kier molecular flexibility index (Phi) is 3.55. The number of nitriles is 1. The molecule has 0 aliphatic heterocycles. The highest BCUT2D eigenvalue weighted by Crippen LogP contribution is 2.27. The average Bonchev–Trinajstić information content (AvgIpc) is 2.91. The van der Waals surface area contributed by atoms with Crippen LogP contribution in [0.15, 0.2) is 48.7 Å². The van der Waals surface area contributed by atoms with Crippen LogP contribution in [-0.4, -0.2) is 11.7 Å². The summed E-state index contributed by atoms with van der Waals surface area (Å²) in [6, 6.07) is 15.5. The normalized spacial score (nSPS) is 10.5. The van der Waals surface area contributed by atoms with Crippen LogP contribution in [0.1, 0.15) is 11.1 Å². The second-order valence-electron chi connectivity index (χ2n) is 4.76. The number of para-hydroxylation sites is 1. The summed E-state index contributed by atoms with van der Waals surface area (Å²) < 4.78 is 7.45. The molecule has 3 rings (SSSR count). The van der Waals surface area contributed by atoms with Crippen molar-refractivity contribution in [1.29, 1.82) is 5.26 Å². The van der Waals surface area contributed by atoms with E-state index in [9.17, 15) is 0 Å². The van der Waals surface area contributed by atoms with Crippen LogP contribution in [0, 0.1) is 11.3 Å². The zero-order valence-corrected chi connectivity index (χ0v) is 12.3. The van der Waals surface area contributed by atoms with Gasteiger partial charge in [0.05, 0.1) is 35.8 Å². The lowest BCUT2D eigenvalue weighted by molar-refractivity contribution is 0.408. The number of ether oxygens (including phenoxy) is 1. The third kappa shape index (κ3) is 2.46. The minimum Gasteiger partial charge on any atom is -0.496 e. The number of halogens is 1. The Bertz CT molecular complexity index is 846. The van der Waals surface area contributed by atoms with E-state index in [1.165, 1.54) is 0 Å². The van der Waals surface area contributed by atoms with Crippen molar-refractivity contribution < 1.29 is 4.74 Å². The molecular formula is C17H13ClN2O. The van der Waals surface area contributed by atoms with Crippen LogP contribution in [0.25, 0.3) is 10.9 Å². The SMILES string of the molecule is COc1ccc(C#N)cc1Cn1ccc2cccc(Cl)c21. The summed E-state index contributed by atoms with van der Waals surface area (Å²) in [5, 5.41) is 10.9. The molecule has 3 nitrogen and oxygen atoms in total. The quantitative estimate of drug-likeness (QED) is 0.725. The second kappa shape index (κ2) is 5.51. The molecule has 0 N–H and O–H groups in total. The number of benzene rings is 2. The molecule has 0 spiro atoms. The lowest BCUT2D eigenvalue weighted by atomic mass is 10.1. The minimum absolute atomic E-state index is 0.603. The van der Waals surface area contributed by atoms with Gasteiger partial charge in [-0.3, -0.25) is 0 Å². The van der Waals surface area contributed by atoms with Crippen molar-refractivity contribution in [2.75, 3.05) is 7.11 Å². The van der Waals surface area contributed by atoms with Gasteiger partial charge in [0.2, 0.25) is 0 Å². The molecule has 1 heterocycles. The zero-order chi connectivity index (χ0) is 14.8.